The Hall–Kier alpha value is -1.38. The molecule has 3 aliphatic rings. The zero-order valence-corrected chi connectivity index (χ0v) is 18.8. The van der Waals surface area contributed by atoms with Crippen LogP contribution in [-0.2, 0) is 6.54 Å². The average molecular weight is 393 g/mol. The van der Waals surface area contributed by atoms with Gasteiger partial charge in [0.05, 0.1) is 0 Å². The number of rotatable bonds is 5. The highest BCUT2D eigenvalue weighted by Gasteiger charge is 2.24. The van der Waals surface area contributed by atoms with Gasteiger partial charge in [0.2, 0.25) is 0 Å². The lowest BCUT2D eigenvalue weighted by molar-refractivity contribution is 0.184. The number of likely N-dealkylation sites (tertiary alicyclic amines) is 2. The fraction of sp³-hybridized carbons (Fsp3) is 0.630. The summed E-state index contributed by atoms with van der Waals surface area (Å²) >= 11 is 0. The Morgan fingerprint density at radius 1 is 0.793 bits per heavy atom. The monoisotopic (exact) mass is 392 g/mol. The Labute approximate surface area is 178 Å². The Bertz CT molecular complexity index is 718. The van der Waals surface area contributed by atoms with Crippen LogP contribution in [0.25, 0.3) is 0 Å². The SMILES string of the molecule is CC1CCN(CC2=CC(c3ccccc3CN3CCC(C)CC3)C(C)C=C2)CC1. The Kier molecular flexibility index (Phi) is 6.92. The van der Waals surface area contributed by atoms with Gasteiger partial charge in [-0.15, -0.1) is 0 Å². The van der Waals surface area contributed by atoms with Gasteiger partial charge in [-0.1, -0.05) is 63.3 Å². The van der Waals surface area contributed by atoms with Gasteiger partial charge in [0.15, 0.2) is 0 Å². The highest BCUT2D eigenvalue weighted by molar-refractivity contribution is 5.40. The van der Waals surface area contributed by atoms with Gasteiger partial charge >= 0.3 is 0 Å². The van der Waals surface area contributed by atoms with Crippen LogP contribution in [0.1, 0.15) is 63.5 Å². The summed E-state index contributed by atoms with van der Waals surface area (Å²) in [4.78, 5) is 5.33. The molecule has 2 heteroatoms. The summed E-state index contributed by atoms with van der Waals surface area (Å²) in [5.41, 5.74) is 4.61. The molecule has 2 fully saturated rings. The highest BCUT2D eigenvalue weighted by atomic mass is 15.1. The molecule has 0 spiro atoms. The van der Waals surface area contributed by atoms with Crippen molar-refractivity contribution < 1.29 is 0 Å². The third-order valence-electron chi connectivity index (χ3n) is 7.54. The zero-order valence-electron chi connectivity index (χ0n) is 18.8. The molecule has 2 nitrogen and oxygen atoms in total. The van der Waals surface area contributed by atoms with Crippen molar-refractivity contribution in [2.75, 3.05) is 32.7 Å². The number of benzene rings is 1. The summed E-state index contributed by atoms with van der Waals surface area (Å²) in [6, 6.07) is 9.23. The summed E-state index contributed by atoms with van der Waals surface area (Å²) < 4.78 is 0. The van der Waals surface area contributed by atoms with Crippen LogP contribution in [0.3, 0.4) is 0 Å². The number of nitrogens with zero attached hydrogens (tertiary/aromatic N) is 2. The first-order valence-electron chi connectivity index (χ1n) is 12.0. The molecule has 4 rings (SSSR count). The topological polar surface area (TPSA) is 6.48 Å². The molecule has 0 aromatic heterocycles. The van der Waals surface area contributed by atoms with Crippen molar-refractivity contribution in [3.63, 3.8) is 0 Å². The van der Waals surface area contributed by atoms with Crippen LogP contribution in [0, 0.1) is 17.8 Å². The molecular formula is C27H40N2. The van der Waals surface area contributed by atoms with Gasteiger partial charge in [-0.2, -0.15) is 0 Å². The van der Waals surface area contributed by atoms with Crippen LogP contribution >= 0.6 is 0 Å². The molecule has 1 aromatic carbocycles. The maximum Gasteiger partial charge on any atom is 0.0236 e. The fourth-order valence-corrected chi connectivity index (χ4v) is 5.25. The summed E-state index contributed by atoms with van der Waals surface area (Å²) in [7, 11) is 0. The number of allylic oxidation sites excluding steroid dienone is 2. The normalized spacial score (nSPS) is 27.9. The van der Waals surface area contributed by atoms with Gasteiger partial charge < -0.3 is 0 Å². The number of hydrogen-bond acceptors (Lipinski definition) is 2. The molecule has 1 aromatic rings. The standard InChI is InChI=1S/C27H40N2/c1-21-10-14-28(15-11-21)19-24-9-8-23(3)27(18-24)26-7-5-4-6-25(26)20-29-16-12-22(2)13-17-29/h4-9,18,21-23,27H,10-17,19-20H2,1-3H3. The molecule has 0 radical (unpaired) electrons. The maximum atomic E-state index is 2.67. The van der Waals surface area contributed by atoms with E-state index in [0.29, 0.717) is 11.8 Å². The molecule has 1 aliphatic carbocycles. The first-order valence-corrected chi connectivity index (χ1v) is 12.0. The quantitative estimate of drug-likeness (QED) is 0.618. The molecular weight excluding hydrogens is 352 g/mol. The van der Waals surface area contributed by atoms with E-state index >= 15 is 0 Å². The van der Waals surface area contributed by atoms with Crippen LogP contribution in [-0.4, -0.2) is 42.5 Å². The molecule has 2 saturated heterocycles. The number of piperidine rings is 2. The molecule has 0 N–H and O–H groups in total. The second-order valence-corrected chi connectivity index (χ2v) is 10.1. The van der Waals surface area contributed by atoms with Gasteiger partial charge in [0.1, 0.15) is 0 Å². The van der Waals surface area contributed by atoms with Gasteiger partial charge in [-0.3, -0.25) is 9.80 Å². The zero-order chi connectivity index (χ0) is 20.2. The van der Waals surface area contributed by atoms with Crippen molar-refractivity contribution >= 4 is 0 Å². The predicted molar refractivity (Wildman–Crippen MR) is 124 cm³/mol. The molecule has 0 bridgehead atoms. The van der Waals surface area contributed by atoms with E-state index in [-0.39, 0.29) is 0 Å². The van der Waals surface area contributed by atoms with Crippen LogP contribution < -0.4 is 0 Å². The smallest absolute Gasteiger partial charge is 0.0236 e. The highest BCUT2D eigenvalue weighted by Crippen LogP contribution is 2.35. The van der Waals surface area contributed by atoms with Gasteiger partial charge in [0, 0.05) is 19.0 Å². The van der Waals surface area contributed by atoms with E-state index in [2.05, 4.69) is 73.1 Å². The van der Waals surface area contributed by atoms with Gasteiger partial charge in [0.25, 0.3) is 0 Å². The average Bonchev–Trinajstić information content (AvgIpc) is 2.73. The Morgan fingerprint density at radius 3 is 2.03 bits per heavy atom. The first kappa shape index (κ1) is 20.9. The van der Waals surface area contributed by atoms with E-state index in [1.807, 2.05) is 0 Å². The molecule has 158 valence electrons. The van der Waals surface area contributed by atoms with E-state index in [1.54, 1.807) is 5.56 Å². The van der Waals surface area contributed by atoms with Crippen molar-refractivity contribution in [1.29, 1.82) is 0 Å². The van der Waals surface area contributed by atoms with Crippen LogP contribution in [0.5, 0.6) is 0 Å². The molecule has 2 unspecified atom stereocenters. The number of hydrogen-bond donors (Lipinski definition) is 0. The minimum Gasteiger partial charge on any atom is -0.299 e. The van der Waals surface area contributed by atoms with E-state index in [4.69, 9.17) is 0 Å². The second-order valence-electron chi connectivity index (χ2n) is 10.1. The predicted octanol–water partition coefficient (Wildman–Crippen LogP) is 5.87. The van der Waals surface area contributed by atoms with Crippen LogP contribution in [0.4, 0.5) is 0 Å². The summed E-state index contributed by atoms with van der Waals surface area (Å²) in [5.74, 6) is 2.88. The van der Waals surface area contributed by atoms with Crippen LogP contribution in [0.2, 0.25) is 0 Å². The Balaban J connectivity index is 1.47. The van der Waals surface area contributed by atoms with Crippen molar-refractivity contribution in [2.45, 2.75) is 58.9 Å². The lowest BCUT2D eigenvalue weighted by Crippen LogP contribution is -2.34. The Morgan fingerprint density at radius 2 is 1.38 bits per heavy atom. The minimum atomic E-state index is 0.513. The third-order valence-corrected chi connectivity index (χ3v) is 7.54. The molecule has 2 heterocycles. The lowest BCUT2D eigenvalue weighted by Gasteiger charge is -2.33. The minimum absolute atomic E-state index is 0.513. The van der Waals surface area contributed by atoms with Gasteiger partial charge in [-0.05, 0) is 86.3 Å². The largest absolute Gasteiger partial charge is 0.299 e. The summed E-state index contributed by atoms with van der Waals surface area (Å²) in [6.07, 6.45) is 12.8. The second kappa shape index (κ2) is 9.62. The van der Waals surface area contributed by atoms with E-state index < -0.39 is 0 Å². The van der Waals surface area contributed by atoms with E-state index in [0.717, 1.165) is 24.9 Å². The van der Waals surface area contributed by atoms with Crippen molar-refractivity contribution in [3.05, 3.63) is 59.2 Å². The van der Waals surface area contributed by atoms with Crippen LogP contribution in [0.15, 0.2) is 48.1 Å². The van der Waals surface area contributed by atoms with Crippen molar-refractivity contribution in [3.8, 4) is 0 Å². The molecule has 29 heavy (non-hydrogen) atoms. The molecule has 0 saturated carbocycles. The van der Waals surface area contributed by atoms with Gasteiger partial charge in [-0.25, -0.2) is 0 Å². The molecule has 2 atom stereocenters. The molecule has 0 amide bonds. The summed E-state index contributed by atoms with van der Waals surface area (Å²) in [6.45, 7) is 14.4. The molecule has 2 aliphatic heterocycles. The van der Waals surface area contributed by atoms with Crippen molar-refractivity contribution in [2.24, 2.45) is 17.8 Å². The first-order chi connectivity index (χ1) is 14.1. The van der Waals surface area contributed by atoms with E-state index in [9.17, 15) is 0 Å². The summed E-state index contributed by atoms with van der Waals surface area (Å²) in [5, 5.41) is 0. The third kappa shape index (κ3) is 5.41. The van der Waals surface area contributed by atoms with E-state index in [1.165, 1.54) is 63.0 Å². The lowest BCUT2D eigenvalue weighted by atomic mass is 9.80. The van der Waals surface area contributed by atoms with Crippen molar-refractivity contribution in [1.82, 2.24) is 9.80 Å². The fourth-order valence-electron chi connectivity index (χ4n) is 5.25. The maximum absolute atomic E-state index is 2.67.